The van der Waals surface area contributed by atoms with Gasteiger partial charge in [0.15, 0.2) is 5.58 Å². The van der Waals surface area contributed by atoms with E-state index in [0.717, 1.165) is 0 Å². The number of rotatable bonds is 3. The van der Waals surface area contributed by atoms with E-state index in [0.29, 0.717) is 27.4 Å². The quantitative estimate of drug-likeness (QED) is 0.709. The summed E-state index contributed by atoms with van der Waals surface area (Å²) in [5.74, 6) is -1.000. The van der Waals surface area contributed by atoms with E-state index < -0.39 is 17.8 Å². The lowest BCUT2D eigenvalue weighted by molar-refractivity contribution is 0.0607. The first-order valence-electron chi connectivity index (χ1n) is 6.83. The van der Waals surface area contributed by atoms with E-state index in [1.807, 2.05) is 0 Å². The first kappa shape index (κ1) is 15.8. The van der Waals surface area contributed by atoms with Gasteiger partial charge in [0.25, 0.3) is 0 Å². The Morgan fingerprint density at radius 1 is 1.25 bits per heavy atom. The van der Waals surface area contributed by atoms with Gasteiger partial charge in [-0.25, -0.2) is 14.4 Å². The summed E-state index contributed by atoms with van der Waals surface area (Å²) < 4.78 is 11.1. The average Bonchev–Trinajstić information content (AvgIpc) is 3.11. The summed E-state index contributed by atoms with van der Waals surface area (Å²) in [6.45, 7) is 0. The van der Waals surface area contributed by atoms with Crippen LogP contribution in [0.1, 0.15) is 9.67 Å². The first-order valence-corrected chi connectivity index (χ1v) is 7.71. The van der Waals surface area contributed by atoms with Crippen molar-refractivity contribution in [1.82, 2.24) is 4.57 Å². The molecule has 0 atom stereocenters. The molecule has 0 radical (unpaired) electrons. The third kappa shape index (κ3) is 2.88. The summed E-state index contributed by atoms with van der Waals surface area (Å²) in [5, 5.41) is 6.87. The van der Waals surface area contributed by atoms with Gasteiger partial charge in [0.05, 0.1) is 18.3 Å². The SMILES string of the molecule is COC(=O)c1sccc1NC(=O)Nc1ccc2c(c1)oc(=O)n2C. The summed E-state index contributed by atoms with van der Waals surface area (Å²) in [4.78, 5) is 35.4. The van der Waals surface area contributed by atoms with Crippen LogP contribution in [-0.4, -0.2) is 23.7 Å². The van der Waals surface area contributed by atoms with Crippen LogP contribution in [0.15, 0.2) is 38.9 Å². The fourth-order valence-electron chi connectivity index (χ4n) is 2.15. The molecule has 0 unspecified atom stereocenters. The number of fused-ring (bicyclic) bond motifs is 1. The smallest absolute Gasteiger partial charge is 0.419 e. The molecule has 0 aliphatic carbocycles. The number of carbonyl (C=O) groups excluding carboxylic acids is 2. The monoisotopic (exact) mass is 347 g/mol. The number of nitrogens with zero attached hydrogens (tertiary/aromatic N) is 1. The van der Waals surface area contributed by atoms with E-state index in [2.05, 4.69) is 15.4 Å². The van der Waals surface area contributed by atoms with E-state index in [-0.39, 0.29) is 0 Å². The number of hydrogen-bond donors (Lipinski definition) is 2. The molecule has 0 aliphatic heterocycles. The Morgan fingerprint density at radius 2 is 2.04 bits per heavy atom. The van der Waals surface area contributed by atoms with E-state index in [1.165, 1.54) is 23.0 Å². The maximum absolute atomic E-state index is 12.1. The minimum absolute atomic E-state index is 0.303. The molecular weight excluding hydrogens is 334 g/mol. The zero-order valence-electron chi connectivity index (χ0n) is 12.8. The summed E-state index contributed by atoms with van der Waals surface area (Å²) in [6, 6.07) is 5.93. The van der Waals surface area contributed by atoms with Gasteiger partial charge in [0.2, 0.25) is 0 Å². The number of thiophene rings is 1. The molecule has 8 nitrogen and oxygen atoms in total. The van der Waals surface area contributed by atoms with Crippen molar-refractivity contribution >= 4 is 45.8 Å². The highest BCUT2D eigenvalue weighted by atomic mass is 32.1. The molecule has 0 aliphatic rings. The Morgan fingerprint density at radius 3 is 2.79 bits per heavy atom. The number of nitrogens with one attached hydrogen (secondary N) is 2. The molecule has 3 rings (SSSR count). The Hall–Kier alpha value is -3.07. The average molecular weight is 347 g/mol. The van der Waals surface area contributed by atoms with Crippen LogP contribution in [0.5, 0.6) is 0 Å². The highest BCUT2D eigenvalue weighted by molar-refractivity contribution is 7.12. The number of carbonyl (C=O) groups is 2. The molecule has 0 fully saturated rings. The molecule has 9 heteroatoms. The molecule has 2 N–H and O–H groups in total. The summed E-state index contributed by atoms with van der Waals surface area (Å²) >= 11 is 1.17. The Labute approximate surface area is 139 Å². The van der Waals surface area contributed by atoms with Crippen LogP contribution in [0.25, 0.3) is 11.1 Å². The van der Waals surface area contributed by atoms with Crippen LogP contribution in [0.3, 0.4) is 0 Å². The minimum atomic E-state index is -0.531. The molecule has 3 aromatic rings. The Balaban J connectivity index is 1.77. The van der Waals surface area contributed by atoms with E-state index in [1.54, 1.807) is 36.7 Å². The molecule has 0 bridgehead atoms. The van der Waals surface area contributed by atoms with Crippen molar-refractivity contribution < 1.29 is 18.7 Å². The second-order valence-electron chi connectivity index (χ2n) is 4.84. The minimum Gasteiger partial charge on any atom is -0.465 e. The lowest BCUT2D eigenvalue weighted by Gasteiger charge is -2.07. The normalized spacial score (nSPS) is 10.6. The van der Waals surface area contributed by atoms with E-state index in [4.69, 9.17) is 4.42 Å². The summed E-state index contributed by atoms with van der Waals surface area (Å²) in [5.41, 5.74) is 1.80. The van der Waals surface area contributed by atoms with Crippen LogP contribution in [-0.2, 0) is 11.8 Å². The van der Waals surface area contributed by atoms with Crippen molar-refractivity contribution in [3.05, 3.63) is 45.1 Å². The number of methoxy groups -OCH3 is 1. The van der Waals surface area contributed by atoms with Crippen LogP contribution in [0.2, 0.25) is 0 Å². The van der Waals surface area contributed by atoms with Gasteiger partial charge in [-0.15, -0.1) is 11.3 Å². The molecule has 2 heterocycles. The third-order valence-corrected chi connectivity index (χ3v) is 4.23. The fourth-order valence-corrected chi connectivity index (χ4v) is 2.92. The Kier molecular flexibility index (Phi) is 4.09. The number of anilines is 2. The largest absolute Gasteiger partial charge is 0.465 e. The number of benzene rings is 1. The predicted molar refractivity (Wildman–Crippen MR) is 89.8 cm³/mol. The molecule has 0 saturated heterocycles. The predicted octanol–water partition coefficient (Wildman–Crippen LogP) is 2.62. The zero-order valence-corrected chi connectivity index (χ0v) is 13.6. The zero-order chi connectivity index (χ0) is 17.3. The number of amides is 2. The summed E-state index contributed by atoms with van der Waals surface area (Å²) in [7, 11) is 2.87. The van der Waals surface area contributed by atoms with Gasteiger partial charge >= 0.3 is 17.8 Å². The van der Waals surface area contributed by atoms with E-state index in [9.17, 15) is 14.4 Å². The highest BCUT2D eigenvalue weighted by Crippen LogP contribution is 2.24. The van der Waals surface area contributed by atoms with Crippen LogP contribution < -0.4 is 16.4 Å². The van der Waals surface area contributed by atoms with Crippen molar-refractivity contribution in [3.8, 4) is 0 Å². The third-order valence-electron chi connectivity index (χ3n) is 3.33. The molecule has 2 amide bonds. The van der Waals surface area contributed by atoms with Crippen molar-refractivity contribution in [2.45, 2.75) is 0 Å². The number of urea groups is 1. The number of hydrogen-bond acceptors (Lipinski definition) is 6. The van der Waals surface area contributed by atoms with Gasteiger partial charge in [-0.3, -0.25) is 4.57 Å². The van der Waals surface area contributed by atoms with Gasteiger partial charge in [-0.2, -0.15) is 0 Å². The second-order valence-corrected chi connectivity index (χ2v) is 5.76. The fraction of sp³-hybridized carbons (Fsp3) is 0.133. The number of aryl methyl sites for hydroxylation is 1. The lowest BCUT2D eigenvalue weighted by Crippen LogP contribution is -2.20. The first-order chi connectivity index (χ1) is 11.5. The van der Waals surface area contributed by atoms with Crippen molar-refractivity contribution in [3.63, 3.8) is 0 Å². The molecule has 24 heavy (non-hydrogen) atoms. The standard InChI is InChI=1S/C15H13N3O5S/c1-18-10-4-3-8(7-11(10)23-15(18)21)16-14(20)17-9-5-6-24-12(9)13(19)22-2/h3-7H,1-2H3,(H2,16,17,20). The summed E-state index contributed by atoms with van der Waals surface area (Å²) in [6.07, 6.45) is 0. The second kappa shape index (κ2) is 6.20. The number of aromatic nitrogens is 1. The van der Waals surface area contributed by atoms with Gasteiger partial charge in [-0.1, -0.05) is 0 Å². The van der Waals surface area contributed by atoms with Crippen molar-refractivity contribution in [1.29, 1.82) is 0 Å². The maximum atomic E-state index is 12.1. The molecule has 1 aromatic carbocycles. The van der Waals surface area contributed by atoms with Crippen LogP contribution in [0.4, 0.5) is 16.2 Å². The highest BCUT2D eigenvalue weighted by Gasteiger charge is 2.16. The number of esters is 1. The van der Waals surface area contributed by atoms with E-state index >= 15 is 0 Å². The molecule has 0 spiro atoms. The molecule has 0 saturated carbocycles. The van der Waals surface area contributed by atoms with Gasteiger partial charge in [-0.05, 0) is 23.6 Å². The van der Waals surface area contributed by atoms with Crippen LogP contribution in [0, 0.1) is 0 Å². The number of ether oxygens (including phenoxy) is 1. The topological polar surface area (TPSA) is 103 Å². The van der Waals surface area contributed by atoms with Crippen molar-refractivity contribution in [2.75, 3.05) is 17.7 Å². The maximum Gasteiger partial charge on any atom is 0.419 e. The van der Waals surface area contributed by atoms with Gasteiger partial charge in [0, 0.05) is 18.8 Å². The van der Waals surface area contributed by atoms with Crippen LogP contribution >= 0.6 is 11.3 Å². The van der Waals surface area contributed by atoms with Crippen molar-refractivity contribution in [2.24, 2.45) is 7.05 Å². The Bertz CT molecular complexity index is 985. The van der Waals surface area contributed by atoms with Gasteiger partial charge < -0.3 is 19.8 Å². The molecule has 2 aromatic heterocycles. The lowest BCUT2D eigenvalue weighted by atomic mass is 10.3. The molecule has 124 valence electrons. The van der Waals surface area contributed by atoms with Gasteiger partial charge in [0.1, 0.15) is 4.88 Å². The number of oxazole rings is 1. The molecular formula is C15H13N3O5S.